The summed E-state index contributed by atoms with van der Waals surface area (Å²) in [7, 11) is 3.22. The molecule has 0 radical (unpaired) electrons. The third kappa shape index (κ3) is 5.17. The fraction of sp³-hybridized carbons (Fsp3) is 0.857. The van der Waals surface area contributed by atoms with E-state index in [2.05, 4.69) is 0 Å². The van der Waals surface area contributed by atoms with E-state index in [9.17, 15) is 9.59 Å². The van der Waals surface area contributed by atoms with E-state index in [1.165, 1.54) is 0 Å². The van der Waals surface area contributed by atoms with Gasteiger partial charge in [-0.05, 0) is 12.3 Å². The topological polar surface area (TPSA) is 79.3 Å². The number of ether oxygens (including phenoxy) is 2. The number of hydrogen-bond donors (Lipinski definition) is 1. The van der Waals surface area contributed by atoms with Gasteiger partial charge < -0.3 is 24.4 Å². The zero-order chi connectivity index (χ0) is 15.8. The van der Waals surface area contributed by atoms with Crippen LogP contribution in [-0.4, -0.2) is 80.5 Å². The molecule has 2 atom stereocenters. The molecule has 122 valence electrons. The molecule has 1 aliphatic heterocycles. The zero-order valence-electron chi connectivity index (χ0n) is 13.1. The average Bonchev–Trinajstić information content (AvgIpc) is 2.84. The smallest absolute Gasteiger partial charge is 0.320 e. The summed E-state index contributed by atoms with van der Waals surface area (Å²) >= 11 is 0. The van der Waals surface area contributed by atoms with Crippen molar-refractivity contribution in [2.45, 2.75) is 13.3 Å². The molecular formula is C14H26N2O5. The van der Waals surface area contributed by atoms with Crippen molar-refractivity contribution >= 4 is 12.0 Å². The van der Waals surface area contributed by atoms with Crippen molar-refractivity contribution in [2.75, 3.05) is 53.6 Å². The van der Waals surface area contributed by atoms with E-state index in [0.717, 1.165) is 6.42 Å². The number of aliphatic carboxylic acids is 1. The van der Waals surface area contributed by atoms with Crippen molar-refractivity contribution in [2.24, 2.45) is 11.8 Å². The lowest BCUT2D eigenvalue weighted by atomic mass is 9.99. The van der Waals surface area contributed by atoms with Gasteiger partial charge >= 0.3 is 12.0 Å². The Labute approximate surface area is 125 Å². The molecule has 21 heavy (non-hydrogen) atoms. The summed E-state index contributed by atoms with van der Waals surface area (Å²) in [5, 5.41) is 9.15. The molecule has 0 aromatic rings. The number of urea groups is 1. The first-order valence-electron chi connectivity index (χ1n) is 7.25. The molecule has 0 aromatic carbocycles. The lowest BCUT2D eigenvalue weighted by molar-refractivity contribution is -0.142. The van der Waals surface area contributed by atoms with Gasteiger partial charge in [0.2, 0.25) is 0 Å². The molecule has 1 heterocycles. The van der Waals surface area contributed by atoms with E-state index in [1.807, 2.05) is 6.92 Å². The highest BCUT2D eigenvalue weighted by Gasteiger charge is 2.38. The average molecular weight is 302 g/mol. The van der Waals surface area contributed by atoms with Gasteiger partial charge in [-0.2, -0.15) is 0 Å². The number of rotatable bonds is 8. The first-order chi connectivity index (χ1) is 10.0. The number of hydrogen-bond acceptors (Lipinski definition) is 4. The highest BCUT2D eigenvalue weighted by molar-refractivity contribution is 5.77. The number of methoxy groups -OCH3 is 2. The van der Waals surface area contributed by atoms with Crippen LogP contribution in [0.2, 0.25) is 0 Å². The molecule has 2 amide bonds. The Bertz CT molecular complexity index is 350. The van der Waals surface area contributed by atoms with Crippen LogP contribution in [0.4, 0.5) is 4.79 Å². The van der Waals surface area contributed by atoms with Gasteiger partial charge in [0.15, 0.2) is 0 Å². The quantitative estimate of drug-likeness (QED) is 0.669. The molecule has 0 spiro atoms. The zero-order valence-corrected chi connectivity index (χ0v) is 13.1. The summed E-state index contributed by atoms with van der Waals surface area (Å²) in [6, 6.07) is -0.112. The number of carboxylic acids is 1. The second kappa shape index (κ2) is 8.84. The van der Waals surface area contributed by atoms with Crippen LogP contribution in [0.1, 0.15) is 13.3 Å². The second-order valence-corrected chi connectivity index (χ2v) is 5.44. The van der Waals surface area contributed by atoms with Gasteiger partial charge in [-0.3, -0.25) is 4.79 Å². The van der Waals surface area contributed by atoms with E-state index >= 15 is 0 Å². The van der Waals surface area contributed by atoms with Crippen molar-refractivity contribution in [1.82, 2.24) is 9.80 Å². The normalized spacial score (nSPS) is 21.6. The SMILES string of the molecule is COCCCN(CCOC)C(=O)N1C[C@@H](C)[C@H](C(=O)O)C1. The van der Waals surface area contributed by atoms with Crippen LogP contribution in [0.25, 0.3) is 0 Å². The van der Waals surface area contributed by atoms with Gasteiger partial charge in [-0.25, -0.2) is 4.79 Å². The Balaban J connectivity index is 2.60. The maximum Gasteiger partial charge on any atom is 0.320 e. The molecule has 0 aliphatic carbocycles. The molecule has 0 unspecified atom stereocenters. The predicted octanol–water partition coefficient (Wildman–Crippen LogP) is 0.744. The summed E-state index contributed by atoms with van der Waals surface area (Å²) in [4.78, 5) is 27.0. The molecule has 1 rings (SSSR count). The van der Waals surface area contributed by atoms with E-state index in [-0.39, 0.29) is 18.5 Å². The van der Waals surface area contributed by atoms with Crippen LogP contribution in [0.3, 0.4) is 0 Å². The molecule has 1 saturated heterocycles. The van der Waals surface area contributed by atoms with Crippen LogP contribution in [0.5, 0.6) is 0 Å². The van der Waals surface area contributed by atoms with Gasteiger partial charge in [0.1, 0.15) is 0 Å². The first-order valence-corrected chi connectivity index (χ1v) is 7.25. The van der Waals surface area contributed by atoms with Crippen molar-refractivity contribution in [1.29, 1.82) is 0 Å². The minimum atomic E-state index is -0.833. The van der Waals surface area contributed by atoms with Crippen molar-refractivity contribution < 1.29 is 24.2 Å². The number of amides is 2. The molecule has 0 bridgehead atoms. The Hall–Kier alpha value is -1.34. The molecule has 0 aromatic heterocycles. The number of nitrogens with zero attached hydrogens (tertiary/aromatic N) is 2. The molecule has 1 fully saturated rings. The van der Waals surface area contributed by atoms with E-state index in [1.54, 1.807) is 24.0 Å². The van der Waals surface area contributed by atoms with Gasteiger partial charge in [-0.15, -0.1) is 0 Å². The van der Waals surface area contributed by atoms with Crippen LogP contribution in [0.15, 0.2) is 0 Å². The summed E-state index contributed by atoms with van der Waals surface area (Å²) in [5.41, 5.74) is 0. The Kier molecular flexibility index (Phi) is 7.45. The number of carbonyl (C=O) groups excluding carboxylic acids is 1. The second-order valence-electron chi connectivity index (χ2n) is 5.44. The fourth-order valence-electron chi connectivity index (χ4n) is 2.55. The molecule has 1 N–H and O–H groups in total. The summed E-state index contributed by atoms with van der Waals surface area (Å²) in [6.07, 6.45) is 0.748. The maximum atomic E-state index is 12.5. The van der Waals surface area contributed by atoms with Crippen LogP contribution in [-0.2, 0) is 14.3 Å². The minimum absolute atomic E-state index is 0.0188. The van der Waals surface area contributed by atoms with Gasteiger partial charge in [0, 0.05) is 47.0 Å². The van der Waals surface area contributed by atoms with Crippen LogP contribution >= 0.6 is 0 Å². The molecule has 7 heteroatoms. The number of likely N-dealkylation sites (tertiary alicyclic amines) is 1. The summed E-state index contributed by atoms with van der Waals surface area (Å²) in [6.45, 7) is 4.78. The van der Waals surface area contributed by atoms with Crippen LogP contribution in [0, 0.1) is 11.8 Å². The number of carboxylic acid groups (broad SMARTS) is 1. The fourth-order valence-corrected chi connectivity index (χ4v) is 2.55. The summed E-state index contributed by atoms with van der Waals surface area (Å²) in [5.74, 6) is -1.33. The van der Waals surface area contributed by atoms with E-state index < -0.39 is 11.9 Å². The molecule has 0 saturated carbocycles. The standard InChI is InChI=1S/C14H26N2O5/c1-11-9-16(10-12(11)13(17)18)14(19)15(6-8-21-3)5-4-7-20-2/h11-12H,4-10H2,1-3H3,(H,17,18)/t11-,12-/m1/s1. The van der Waals surface area contributed by atoms with Crippen molar-refractivity contribution in [3.05, 3.63) is 0 Å². The summed E-state index contributed by atoms with van der Waals surface area (Å²) < 4.78 is 10.0. The monoisotopic (exact) mass is 302 g/mol. The third-order valence-corrected chi connectivity index (χ3v) is 3.81. The minimum Gasteiger partial charge on any atom is -0.481 e. The Morgan fingerprint density at radius 3 is 2.38 bits per heavy atom. The largest absolute Gasteiger partial charge is 0.481 e. The molecular weight excluding hydrogens is 276 g/mol. The predicted molar refractivity (Wildman–Crippen MR) is 77.2 cm³/mol. The van der Waals surface area contributed by atoms with Gasteiger partial charge in [0.05, 0.1) is 12.5 Å². The van der Waals surface area contributed by atoms with Crippen molar-refractivity contribution in [3.63, 3.8) is 0 Å². The maximum absolute atomic E-state index is 12.5. The van der Waals surface area contributed by atoms with Crippen LogP contribution < -0.4 is 0 Å². The number of carbonyl (C=O) groups is 2. The molecule has 1 aliphatic rings. The lowest BCUT2D eigenvalue weighted by Crippen LogP contribution is -2.44. The first kappa shape index (κ1) is 17.7. The highest BCUT2D eigenvalue weighted by Crippen LogP contribution is 2.24. The van der Waals surface area contributed by atoms with E-state index in [0.29, 0.717) is 32.8 Å². The third-order valence-electron chi connectivity index (χ3n) is 3.81. The highest BCUT2D eigenvalue weighted by atomic mass is 16.5. The Morgan fingerprint density at radius 2 is 1.86 bits per heavy atom. The van der Waals surface area contributed by atoms with Gasteiger partial charge in [0.25, 0.3) is 0 Å². The van der Waals surface area contributed by atoms with Crippen molar-refractivity contribution in [3.8, 4) is 0 Å². The van der Waals surface area contributed by atoms with E-state index in [4.69, 9.17) is 14.6 Å². The lowest BCUT2D eigenvalue weighted by Gasteiger charge is -2.28. The van der Waals surface area contributed by atoms with Gasteiger partial charge in [-0.1, -0.05) is 6.92 Å². The molecule has 7 nitrogen and oxygen atoms in total. The Morgan fingerprint density at radius 1 is 1.19 bits per heavy atom.